The van der Waals surface area contributed by atoms with Crippen LogP contribution in [0.25, 0.3) is 11.4 Å². The van der Waals surface area contributed by atoms with Crippen LogP contribution in [0, 0.1) is 0 Å². The first-order chi connectivity index (χ1) is 13.7. The average Bonchev–Trinajstić information content (AvgIpc) is 2.74. The topological polar surface area (TPSA) is 71.0 Å². The lowest BCUT2D eigenvalue weighted by molar-refractivity contribution is 0.0926. The molecule has 28 heavy (non-hydrogen) atoms. The molecule has 6 nitrogen and oxygen atoms in total. The minimum absolute atomic E-state index is 0.0377. The highest BCUT2D eigenvalue weighted by Gasteiger charge is 2.19. The minimum atomic E-state index is -0.150. The Morgan fingerprint density at radius 3 is 2.64 bits per heavy atom. The van der Waals surface area contributed by atoms with E-state index in [9.17, 15) is 4.79 Å². The third kappa shape index (κ3) is 4.23. The highest BCUT2D eigenvalue weighted by molar-refractivity contribution is 5.93. The van der Waals surface area contributed by atoms with Crippen LogP contribution >= 0.6 is 0 Å². The normalized spacial score (nSPS) is 14.9. The molecule has 0 radical (unpaired) electrons. The number of nitrogens with zero attached hydrogens (tertiary/aromatic N) is 4. The lowest BCUT2D eigenvalue weighted by atomic mass is 10.00. The average molecular weight is 373 g/mol. The van der Waals surface area contributed by atoms with Crippen molar-refractivity contribution in [1.29, 1.82) is 0 Å². The van der Waals surface area contributed by atoms with E-state index in [4.69, 9.17) is 0 Å². The van der Waals surface area contributed by atoms with E-state index in [2.05, 4.69) is 49.4 Å². The summed E-state index contributed by atoms with van der Waals surface area (Å²) in [6.45, 7) is 4.79. The molecule has 1 amide bonds. The molecular weight excluding hydrogens is 350 g/mol. The molecule has 1 aliphatic heterocycles. The molecule has 1 aromatic carbocycles. The second kappa shape index (κ2) is 8.27. The molecule has 0 saturated carbocycles. The number of hydrogen-bond donors (Lipinski definition) is 1. The highest BCUT2D eigenvalue weighted by Crippen LogP contribution is 2.18. The monoisotopic (exact) mass is 373 g/mol. The molecule has 1 aliphatic rings. The Hall–Kier alpha value is -3.12. The SMILES string of the molecule is C[C@H](CN1CCc2ccccc2C1)NC(=O)c1cnc(-c2cccnc2)nc1. The lowest BCUT2D eigenvalue weighted by Gasteiger charge is -2.31. The molecule has 0 saturated heterocycles. The van der Waals surface area contributed by atoms with Gasteiger partial charge in [-0.05, 0) is 36.6 Å². The molecule has 4 rings (SSSR count). The van der Waals surface area contributed by atoms with Gasteiger partial charge in [-0.2, -0.15) is 0 Å². The zero-order chi connectivity index (χ0) is 19.3. The van der Waals surface area contributed by atoms with Gasteiger partial charge in [0.05, 0.1) is 5.56 Å². The van der Waals surface area contributed by atoms with Crippen molar-refractivity contribution in [2.75, 3.05) is 13.1 Å². The van der Waals surface area contributed by atoms with Gasteiger partial charge in [0.2, 0.25) is 0 Å². The summed E-state index contributed by atoms with van der Waals surface area (Å²) in [5, 5.41) is 3.05. The van der Waals surface area contributed by atoms with Crippen molar-refractivity contribution < 1.29 is 4.79 Å². The van der Waals surface area contributed by atoms with Crippen LogP contribution in [0.15, 0.2) is 61.2 Å². The number of fused-ring (bicyclic) bond motifs is 1. The molecule has 0 unspecified atom stereocenters. The molecule has 3 aromatic rings. The maximum atomic E-state index is 12.5. The summed E-state index contributed by atoms with van der Waals surface area (Å²) >= 11 is 0. The van der Waals surface area contributed by atoms with E-state index in [0.717, 1.165) is 31.6 Å². The summed E-state index contributed by atoms with van der Waals surface area (Å²) < 4.78 is 0. The van der Waals surface area contributed by atoms with Gasteiger partial charge in [-0.3, -0.25) is 14.7 Å². The number of amides is 1. The van der Waals surface area contributed by atoms with Crippen LogP contribution in [0.5, 0.6) is 0 Å². The molecule has 0 aliphatic carbocycles. The molecule has 0 bridgehead atoms. The summed E-state index contributed by atoms with van der Waals surface area (Å²) in [5.41, 5.74) is 4.10. The summed E-state index contributed by atoms with van der Waals surface area (Å²) in [6, 6.07) is 12.3. The molecule has 3 heterocycles. The molecular formula is C22H23N5O. The van der Waals surface area contributed by atoms with Crippen LogP contribution < -0.4 is 5.32 Å². The lowest BCUT2D eigenvalue weighted by Crippen LogP contribution is -2.43. The second-order valence-corrected chi connectivity index (χ2v) is 7.17. The van der Waals surface area contributed by atoms with Crippen LogP contribution in [-0.4, -0.2) is 44.9 Å². The highest BCUT2D eigenvalue weighted by atomic mass is 16.1. The Balaban J connectivity index is 1.33. The third-order valence-corrected chi connectivity index (χ3v) is 4.95. The molecule has 142 valence electrons. The van der Waals surface area contributed by atoms with Gasteiger partial charge in [0.1, 0.15) is 0 Å². The van der Waals surface area contributed by atoms with Crippen LogP contribution in [-0.2, 0) is 13.0 Å². The van der Waals surface area contributed by atoms with Gasteiger partial charge < -0.3 is 5.32 Å². The summed E-state index contributed by atoms with van der Waals surface area (Å²) in [5.74, 6) is 0.410. The first-order valence-corrected chi connectivity index (χ1v) is 9.51. The fourth-order valence-electron chi connectivity index (χ4n) is 3.54. The summed E-state index contributed by atoms with van der Waals surface area (Å²) in [6.07, 6.45) is 7.59. The first kappa shape index (κ1) is 18.3. The van der Waals surface area contributed by atoms with Crippen molar-refractivity contribution in [3.8, 4) is 11.4 Å². The van der Waals surface area contributed by atoms with Gasteiger partial charge in [0.15, 0.2) is 5.82 Å². The second-order valence-electron chi connectivity index (χ2n) is 7.17. The zero-order valence-corrected chi connectivity index (χ0v) is 15.9. The van der Waals surface area contributed by atoms with E-state index < -0.39 is 0 Å². The van der Waals surface area contributed by atoms with Crippen LogP contribution in [0.2, 0.25) is 0 Å². The Morgan fingerprint density at radius 1 is 1.11 bits per heavy atom. The Kier molecular flexibility index (Phi) is 5.39. The van der Waals surface area contributed by atoms with Crippen LogP contribution in [0.4, 0.5) is 0 Å². The molecule has 0 fully saturated rings. The van der Waals surface area contributed by atoms with E-state index in [1.165, 1.54) is 11.1 Å². The predicted octanol–water partition coefficient (Wildman–Crippen LogP) is 2.72. The van der Waals surface area contributed by atoms with E-state index in [1.54, 1.807) is 24.8 Å². The molecule has 0 spiro atoms. The summed E-state index contributed by atoms with van der Waals surface area (Å²) in [4.78, 5) is 27.6. The fraction of sp³-hybridized carbons (Fsp3) is 0.273. The largest absolute Gasteiger partial charge is 0.348 e. The van der Waals surface area contributed by atoms with Crippen molar-refractivity contribution in [3.05, 3.63) is 77.9 Å². The maximum Gasteiger partial charge on any atom is 0.254 e. The molecule has 6 heteroatoms. The molecule has 2 aromatic heterocycles. The molecule has 1 N–H and O–H groups in total. The van der Waals surface area contributed by atoms with Crippen molar-refractivity contribution in [2.24, 2.45) is 0 Å². The van der Waals surface area contributed by atoms with Gasteiger partial charge in [0, 0.05) is 56.0 Å². The zero-order valence-electron chi connectivity index (χ0n) is 15.9. The van der Waals surface area contributed by atoms with Gasteiger partial charge in [-0.25, -0.2) is 9.97 Å². The van der Waals surface area contributed by atoms with E-state index >= 15 is 0 Å². The quantitative estimate of drug-likeness (QED) is 0.745. The Labute approximate surface area is 164 Å². The molecule has 1 atom stereocenters. The number of carbonyl (C=O) groups is 1. The Morgan fingerprint density at radius 2 is 1.89 bits per heavy atom. The van der Waals surface area contributed by atoms with Crippen molar-refractivity contribution in [1.82, 2.24) is 25.2 Å². The fourth-order valence-corrected chi connectivity index (χ4v) is 3.54. The number of carbonyl (C=O) groups excluding carboxylic acids is 1. The van der Waals surface area contributed by atoms with E-state index in [-0.39, 0.29) is 11.9 Å². The summed E-state index contributed by atoms with van der Waals surface area (Å²) in [7, 11) is 0. The minimum Gasteiger partial charge on any atom is -0.348 e. The predicted molar refractivity (Wildman–Crippen MR) is 108 cm³/mol. The number of nitrogens with one attached hydrogen (secondary N) is 1. The maximum absolute atomic E-state index is 12.5. The number of benzene rings is 1. The van der Waals surface area contributed by atoms with Gasteiger partial charge in [0.25, 0.3) is 5.91 Å². The number of pyridine rings is 1. The Bertz CT molecular complexity index is 943. The first-order valence-electron chi connectivity index (χ1n) is 9.51. The van der Waals surface area contributed by atoms with Crippen LogP contribution in [0.3, 0.4) is 0 Å². The van der Waals surface area contributed by atoms with Gasteiger partial charge in [-0.15, -0.1) is 0 Å². The standard InChI is InChI=1S/C22H23N5O/c1-16(14-27-10-8-17-5-2-3-6-19(17)15-27)26-22(28)20-12-24-21(25-13-20)18-7-4-9-23-11-18/h2-7,9,11-13,16H,8,10,14-15H2,1H3,(H,26,28)/t16-/m1/s1. The van der Waals surface area contributed by atoms with Crippen molar-refractivity contribution >= 4 is 5.91 Å². The van der Waals surface area contributed by atoms with Crippen LogP contribution in [0.1, 0.15) is 28.4 Å². The van der Waals surface area contributed by atoms with Crippen molar-refractivity contribution in [2.45, 2.75) is 25.9 Å². The van der Waals surface area contributed by atoms with E-state index in [1.807, 2.05) is 19.1 Å². The van der Waals surface area contributed by atoms with Gasteiger partial charge >= 0.3 is 0 Å². The number of hydrogen-bond acceptors (Lipinski definition) is 5. The number of aromatic nitrogens is 3. The van der Waals surface area contributed by atoms with E-state index in [0.29, 0.717) is 11.4 Å². The smallest absolute Gasteiger partial charge is 0.254 e. The van der Waals surface area contributed by atoms with Crippen molar-refractivity contribution in [3.63, 3.8) is 0 Å². The van der Waals surface area contributed by atoms with Gasteiger partial charge in [-0.1, -0.05) is 24.3 Å². The number of rotatable bonds is 5. The third-order valence-electron chi connectivity index (χ3n) is 4.95.